The maximum Gasteiger partial charge on any atom is 0.271 e. The summed E-state index contributed by atoms with van der Waals surface area (Å²) in [6.07, 6.45) is 1.19. The molecule has 0 aromatic heterocycles. The smallest absolute Gasteiger partial charge is 0.271 e. The van der Waals surface area contributed by atoms with Crippen LogP contribution in [0.1, 0.15) is 15.9 Å². The number of benzene rings is 2. The number of ether oxygens (including phenoxy) is 1. The zero-order valence-corrected chi connectivity index (χ0v) is 13.4. The van der Waals surface area contributed by atoms with Crippen molar-refractivity contribution >= 4 is 35.3 Å². The van der Waals surface area contributed by atoms with Crippen LogP contribution in [0, 0.1) is 0 Å². The van der Waals surface area contributed by atoms with E-state index >= 15 is 0 Å². The minimum atomic E-state index is -0.552. The molecule has 0 saturated carbocycles. The van der Waals surface area contributed by atoms with E-state index in [9.17, 15) is 15.0 Å². The highest BCUT2D eigenvalue weighted by Gasteiger charge is 2.10. The number of phenolic OH excluding ortho intramolecular Hbond substituents is 2. The van der Waals surface area contributed by atoms with E-state index < -0.39 is 5.91 Å². The minimum Gasteiger partial charge on any atom is -0.507 e. The van der Waals surface area contributed by atoms with Crippen molar-refractivity contribution in [2.75, 3.05) is 7.11 Å². The second kappa shape index (κ2) is 7.21. The SMILES string of the molecule is COc1ccc(C(=O)N/N=C/c2c(O)cc(Cl)cc2Cl)cc1O. The number of amides is 1. The number of carbonyl (C=O) groups excluding carboxylic acids is 1. The Bertz CT molecular complexity index is 755. The lowest BCUT2D eigenvalue weighted by Gasteiger charge is -2.05. The fourth-order valence-electron chi connectivity index (χ4n) is 1.75. The zero-order valence-electron chi connectivity index (χ0n) is 11.9. The molecule has 6 nitrogen and oxygen atoms in total. The minimum absolute atomic E-state index is 0.164. The maximum absolute atomic E-state index is 11.9. The van der Waals surface area contributed by atoms with Crippen molar-refractivity contribution in [2.24, 2.45) is 5.10 Å². The first-order valence-corrected chi connectivity index (χ1v) is 7.06. The molecule has 0 spiro atoms. The summed E-state index contributed by atoms with van der Waals surface area (Å²) < 4.78 is 4.89. The molecule has 8 heteroatoms. The summed E-state index contributed by atoms with van der Waals surface area (Å²) in [5.41, 5.74) is 2.66. The van der Waals surface area contributed by atoms with E-state index in [0.29, 0.717) is 0 Å². The number of aromatic hydroxyl groups is 2. The van der Waals surface area contributed by atoms with Crippen molar-refractivity contribution < 1.29 is 19.7 Å². The van der Waals surface area contributed by atoms with Gasteiger partial charge in [-0.15, -0.1) is 0 Å². The van der Waals surface area contributed by atoms with Gasteiger partial charge in [0, 0.05) is 10.6 Å². The molecule has 0 aliphatic heterocycles. The van der Waals surface area contributed by atoms with Crippen molar-refractivity contribution in [3.63, 3.8) is 0 Å². The number of hydrazone groups is 1. The Morgan fingerprint density at radius 3 is 2.57 bits per heavy atom. The highest BCUT2D eigenvalue weighted by Crippen LogP contribution is 2.28. The van der Waals surface area contributed by atoms with Gasteiger partial charge < -0.3 is 14.9 Å². The van der Waals surface area contributed by atoms with E-state index in [2.05, 4.69) is 10.5 Å². The molecule has 0 radical (unpaired) electrons. The van der Waals surface area contributed by atoms with Gasteiger partial charge in [-0.25, -0.2) is 5.43 Å². The van der Waals surface area contributed by atoms with Gasteiger partial charge in [0.15, 0.2) is 11.5 Å². The fourth-order valence-corrected chi connectivity index (χ4v) is 2.28. The summed E-state index contributed by atoms with van der Waals surface area (Å²) in [5, 5.41) is 23.6. The first-order chi connectivity index (χ1) is 10.9. The monoisotopic (exact) mass is 354 g/mol. The first kappa shape index (κ1) is 16.9. The molecular weight excluding hydrogens is 343 g/mol. The molecule has 0 fully saturated rings. The van der Waals surface area contributed by atoms with E-state index in [1.54, 1.807) is 0 Å². The molecule has 2 rings (SSSR count). The van der Waals surface area contributed by atoms with Gasteiger partial charge in [-0.1, -0.05) is 23.2 Å². The zero-order chi connectivity index (χ0) is 17.0. The quantitative estimate of drug-likeness (QED) is 0.580. The molecule has 0 unspecified atom stereocenters. The second-order valence-corrected chi connectivity index (χ2v) is 5.25. The lowest BCUT2D eigenvalue weighted by molar-refractivity contribution is 0.0954. The van der Waals surface area contributed by atoms with Gasteiger partial charge in [-0.05, 0) is 30.3 Å². The third-order valence-electron chi connectivity index (χ3n) is 2.87. The van der Waals surface area contributed by atoms with Crippen LogP contribution in [0.25, 0.3) is 0 Å². The summed E-state index contributed by atoms with van der Waals surface area (Å²) in [5.74, 6) is -0.628. The van der Waals surface area contributed by atoms with Crippen LogP contribution >= 0.6 is 23.2 Å². The van der Waals surface area contributed by atoms with E-state index in [-0.39, 0.29) is 38.4 Å². The van der Waals surface area contributed by atoms with Crippen LogP contribution in [-0.4, -0.2) is 29.4 Å². The highest BCUT2D eigenvalue weighted by molar-refractivity contribution is 6.36. The Kier molecular flexibility index (Phi) is 5.31. The van der Waals surface area contributed by atoms with Gasteiger partial charge in [-0.2, -0.15) is 5.10 Å². The number of nitrogens with zero attached hydrogens (tertiary/aromatic N) is 1. The third kappa shape index (κ3) is 4.06. The Labute approximate surface area is 141 Å². The van der Waals surface area contributed by atoms with Gasteiger partial charge in [0.2, 0.25) is 0 Å². The summed E-state index contributed by atoms with van der Waals surface area (Å²) in [6.45, 7) is 0. The predicted octanol–water partition coefficient (Wildman–Crippen LogP) is 3.18. The van der Waals surface area contributed by atoms with E-state index in [1.807, 2.05) is 0 Å². The molecule has 0 saturated heterocycles. The van der Waals surface area contributed by atoms with Crippen molar-refractivity contribution in [2.45, 2.75) is 0 Å². The Morgan fingerprint density at radius 2 is 1.96 bits per heavy atom. The number of hydrogen-bond acceptors (Lipinski definition) is 5. The number of halogens is 2. The molecule has 0 bridgehead atoms. The van der Waals surface area contributed by atoms with E-state index in [1.165, 1.54) is 43.7 Å². The van der Waals surface area contributed by atoms with Crippen LogP contribution in [0.15, 0.2) is 35.4 Å². The standard InChI is InChI=1S/C15H12Cl2N2O4/c1-23-14-3-2-8(4-13(14)21)15(22)19-18-7-10-11(17)5-9(16)6-12(10)20/h2-7,20-21H,1H3,(H,19,22)/b18-7+. The normalized spacial score (nSPS) is 10.7. The molecular formula is C15H12Cl2N2O4. The number of phenols is 2. The van der Waals surface area contributed by atoms with Crippen LogP contribution in [0.4, 0.5) is 0 Å². The summed E-state index contributed by atoms with van der Waals surface area (Å²) in [4.78, 5) is 11.9. The number of methoxy groups -OCH3 is 1. The lowest BCUT2D eigenvalue weighted by Crippen LogP contribution is -2.17. The molecule has 2 aromatic rings. The van der Waals surface area contributed by atoms with E-state index in [0.717, 1.165) is 0 Å². The van der Waals surface area contributed by atoms with Crippen molar-refractivity contribution in [3.05, 3.63) is 51.5 Å². The molecule has 0 heterocycles. The number of rotatable bonds is 4. The summed E-state index contributed by atoms with van der Waals surface area (Å²) in [6, 6.07) is 6.91. The van der Waals surface area contributed by atoms with Crippen LogP contribution in [0.2, 0.25) is 10.0 Å². The van der Waals surface area contributed by atoms with Gasteiger partial charge in [0.25, 0.3) is 5.91 Å². The third-order valence-corrected chi connectivity index (χ3v) is 3.40. The fraction of sp³-hybridized carbons (Fsp3) is 0.0667. The Hall–Kier alpha value is -2.44. The number of hydrogen-bond donors (Lipinski definition) is 3. The maximum atomic E-state index is 11.9. The molecule has 23 heavy (non-hydrogen) atoms. The molecule has 0 atom stereocenters. The van der Waals surface area contributed by atoms with Crippen LogP contribution in [0.3, 0.4) is 0 Å². The van der Waals surface area contributed by atoms with E-state index in [4.69, 9.17) is 27.9 Å². The number of nitrogens with one attached hydrogen (secondary N) is 1. The van der Waals surface area contributed by atoms with Gasteiger partial charge in [0.05, 0.1) is 23.9 Å². The van der Waals surface area contributed by atoms with Crippen LogP contribution < -0.4 is 10.2 Å². The lowest BCUT2D eigenvalue weighted by atomic mass is 10.2. The van der Waals surface area contributed by atoms with Crippen molar-refractivity contribution in [1.29, 1.82) is 0 Å². The highest BCUT2D eigenvalue weighted by atomic mass is 35.5. The molecule has 120 valence electrons. The topological polar surface area (TPSA) is 91.2 Å². The average molecular weight is 355 g/mol. The second-order valence-electron chi connectivity index (χ2n) is 4.41. The van der Waals surface area contributed by atoms with Crippen LogP contribution in [-0.2, 0) is 0 Å². The van der Waals surface area contributed by atoms with Crippen LogP contribution in [0.5, 0.6) is 17.2 Å². The van der Waals surface area contributed by atoms with Crippen molar-refractivity contribution in [1.82, 2.24) is 5.43 Å². The van der Waals surface area contributed by atoms with Gasteiger partial charge in [-0.3, -0.25) is 4.79 Å². The van der Waals surface area contributed by atoms with Gasteiger partial charge >= 0.3 is 0 Å². The summed E-state index contributed by atoms with van der Waals surface area (Å²) in [7, 11) is 1.40. The molecule has 2 aromatic carbocycles. The Morgan fingerprint density at radius 1 is 1.22 bits per heavy atom. The summed E-state index contributed by atoms with van der Waals surface area (Å²) >= 11 is 11.7. The molecule has 3 N–H and O–H groups in total. The number of carbonyl (C=O) groups is 1. The predicted molar refractivity (Wildman–Crippen MR) is 87.8 cm³/mol. The van der Waals surface area contributed by atoms with Gasteiger partial charge in [0.1, 0.15) is 5.75 Å². The molecule has 1 amide bonds. The largest absolute Gasteiger partial charge is 0.507 e. The average Bonchev–Trinajstić information content (AvgIpc) is 2.49. The molecule has 0 aliphatic carbocycles. The molecule has 0 aliphatic rings. The van der Waals surface area contributed by atoms with Crippen molar-refractivity contribution in [3.8, 4) is 17.2 Å². The Balaban J connectivity index is 2.11. The first-order valence-electron chi connectivity index (χ1n) is 6.30.